The van der Waals surface area contributed by atoms with Gasteiger partial charge in [-0.25, -0.2) is 4.39 Å². The van der Waals surface area contributed by atoms with Crippen LogP contribution in [0.2, 0.25) is 0 Å². The van der Waals surface area contributed by atoms with E-state index >= 15 is 0 Å². The second-order valence-electron chi connectivity index (χ2n) is 6.00. The third-order valence-corrected chi connectivity index (χ3v) is 3.99. The molecule has 0 fully saturated rings. The van der Waals surface area contributed by atoms with Crippen LogP contribution >= 0.6 is 24.0 Å². The van der Waals surface area contributed by atoms with Gasteiger partial charge in [-0.2, -0.15) is 0 Å². The molecule has 1 aliphatic heterocycles. The molecule has 0 bridgehead atoms. The lowest BCUT2D eigenvalue weighted by Crippen LogP contribution is -2.39. The number of unbranched alkanes of at least 4 members (excludes halogenated alkanes) is 1. The maximum absolute atomic E-state index is 13.8. The van der Waals surface area contributed by atoms with Crippen LogP contribution < -0.4 is 10.1 Å². The van der Waals surface area contributed by atoms with Crippen LogP contribution in [0.1, 0.15) is 30.9 Å². The van der Waals surface area contributed by atoms with Crippen molar-refractivity contribution in [1.82, 2.24) is 10.2 Å². The van der Waals surface area contributed by atoms with Gasteiger partial charge in [0.2, 0.25) is 0 Å². The molecule has 1 heterocycles. The Balaban J connectivity index is 0.00000338. The lowest BCUT2D eigenvalue weighted by Gasteiger charge is -2.22. The Morgan fingerprint density at radius 1 is 1.46 bits per heavy atom. The fourth-order valence-electron chi connectivity index (χ4n) is 2.77. The highest BCUT2D eigenvalue weighted by Crippen LogP contribution is 2.29. The summed E-state index contributed by atoms with van der Waals surface area (Å²) >= 11 is 0. The minimum atomic E-state index is -0.264. The molecule has 1 aromatic carbocycles. The molecule has 1 aromatic rings. The average molecular weight is 477 g/mol. The molecule has 0 atom stereocenters. The zero-order valence-electron chi connectivity index (χ0n) is 15.6. The van der Waals surface area contributed by atoms with Crippen LogP contribution in [-0.2, 0) is 17.8 Å². The molecule has 1 N–H and O–H groups in total. The molecule has 2 rings (SSSR count). The highest BCUT2D eigenvalue weighted by Gasteiger charge is 2.16. The molecule has 5 nitrogen and oxygen atoms in total. The Labute approximate surface area is 172 Å². The van der Waals surface area contributed by atoms with Gasteiger partial charge < -0.3 is 19.7 Å². The number of hydrogen-bond acceptors (Lipinski definition) is 3. The predicted molar refractivity (Wildman–Crippen MR) is 114 cm³/mol. The molecule has 0 saturated carbocycles. The molecule has 26 heavy (non-hydrogen) atoms. The first-order valence-electron chi connectivity index (χ1n) is 8.77. The minimum absolute atomic E-state index is 0. The van der Waals surface area contributed by atoms with Crippen LogP contribution in [0.3, 0.4) is 0 Å². The van der Waals surface area contributed by atoms with E-state index in [1.165, 1.54) is 12.1 Å². The highest BCUT2D eigenvalue weighted by molar-refractivity contribution is 14.0. The average Bonchev–Trinajstić information content (AvgIpc) is 2.60. The molecule has 0 radical (unpaired) electrons. The molecule has 7 heteroatoms. The molecular weight excluding hydrogens is 448 g/mol. The third-order valence-electron chi connectivity index (χ3n) is 3.99. The Bertz CT molecular complexity index is 611. The van der Waals surface area contributed by atoms with E-state index in [2.05, 4.69) is 21.8 Å². The molecule has 0 aliphatic carbocycles. The second kappa shape index (κ2) is 12.1. The zero-order valence-corrected chi connectivity index (χ0v) is 17.9. The third kappa shape index (κ3) is 6.75. The van der Waals surface area contributed by atoms with E-state index in [0.29, 0.717) is 19.6 Å². The van der Waals surface area contributed by atoms with Gasteiger partial charge in [0.25, 0.3) is 0 Å². The number of halogens is 2. The van der Waals surface area contributed by atoms with Crippen molar-refractivity contribution >= 4 is 29.9 Å². The summed E-state index contributed by atoms with van der Waals surface area (Å²) in [7, 11) is 2.02. The van der Waals surface area contributed by atoms with Crippen molar-refractivity contribution in [2.75, 3.05) is 33.5 Å². The lowest BCUT2D eigenvalue weighted by atomic mass is 10.1. The first kappa shape index (κ1) is 22.7. The summed E-state index contributed by atoms with van der Waals surface area (Å²) in [5.74, 6) is 1.34. The second-order valence-corrected chi connectivity index (χ2v) is 6.00. The van der Waals surface area contributed by atoms with Crippen LogP contribution in [0, 0.1) is 5.82 Å². The van der Waals surface area contributed by atoms with Gasteiger partial charge in [-0.1, -0.05) is 6.08 Å². The number of benzene rings is 1. The number of guanidine groups is 1. The topological polar surface area (TPSA) is 46.1 Å². The van der Waals surface area contributed by atoms with Gasteiger partial charge in [-0.15, -0.1) is 30.6 Å². The fraction of sp³-hybridized carbons (Fsp3) is 0.526. The van der Waals surface area contributed by atoms with Crippen molar-refractivity contribution in [3.63, 3.8) is 0 Å². The van der Waals surface area contributed by atoms with Gasteiger partial charge in [-0.3, -0.25) is 4.99 Å². The highest BCUT2D eigenvalue weighted by atomic mass is 127. The number of nitrogens with zero attached hydrogens (tertiary/aromatic N) is 2. The molecule has 0 unspecified atom stereocenters. The van der Waals surface area contributed by atoms with E-state index in [1.807, 2.05) is 20.0 Å². The van der Waals surface area contributed by atoms with Crippen LogP contribution in [-0.4, -0.2) is 44.3 Å². The van der Waals surface area contributed by atoms with Crippen molar-refractivity contribution < 1.29 is 13.9 Å². The Morgan fingerprint density at radius 3 is 3.00 bits per heavy atom. The van der Waals surface area contributed by atoms with Gasteiger partial charge >= 0.3 is 0 Å². The van der Waals surface area contributed by atoms with Crippen LogP contribution in [0.5, 0.6) is 5.75 Å². The van der Waals surface area contributed by atoms with Crippen LogP contribution in [0.4, 0.5) is 4.39 Å². The van der Waals surface area contributed by atoms with E-state index in [4.69, 9.17) is 9.47 Å². The summed E-state index contributed by atoms with van der Waals surface area (Å²) in [6, 6.07) is 3.00. The number of rotatable bonds is 8. The Kier molecular flexibility index (Phi) is 10.6. The van der Waals surface area contributed by atoms with E-state index in [0.717, 1.165) is 48.8 Å². The number of hydrogen-bond donors (Lipinski definition) is 1. The standard InChI is InChI=1S/C19H28FN3O2.HI/c1-4-6-7-10-23(3)19(21-5-2)22-9-8-15-11-17(20)12-16-13-24-14-25-18(15)16;/h4,11-12H,1,5-10,13-14H2,2-3H3,(H,21,22);1H. The maximum Gasteiger partial charge on any atom is 0.193 e. The lowest BCUT2D eigenvalue weighted by molar-refractivity contribution is -0.0172. The van der Waals surface area contributed by atoms with Gasteiger partial charge in [0.15, 0.2) is 12.8 Å². The van der Waals surface area contributed by atoms with E-state index in [1.54, 1.807) is 0 Å². The van der Waals surface area contributed by atoms with E-state index < -0.39 is 0 Å². The fourth-order valence-corrected chi connectivity index (χ4v) is 2.77. The first-order valence-corrected chi connectivity index (χ1v) is 8.77. The number of ether oxygens (including phenoxy) is 2. The summed E-state index contributed by atoms with van der Waals surface area (Å²) in [6.45, 7) is 8.67. The van der Waals surface area contributed by atoms with Crippen LogP contribution in [0.15, 0.2) is 29.8 Å². The molecular formula is C19H29FIN3O2. The number of nitrogens with one attached hydrogen (secondary N) is 1. The minimum Gasteiger partial charge on any atom is -0.467 e. The molecule has 0 spiro atoms. The monoisotopic (exact) mass is 477 g/mol. The predicted octanol–water partition coefficient (Wildman–Crippen LogP) is 3.72. The van der Waals surface area contributed by atoms with Crippen LogP contribution in [0.25, 0.3) is 0 Å². The summed E-state index contributed by atoms with van der Waals surface area (Å²) in [5, 5.41) is 3.29. The summed E-state index contributed by atoms with van der Waals surface area (Å²) in [6.07, 6.45) is 4.57. The summed E-state index contributed by atoms with van der Waals surface area (Å²) in [5.41, 5.74) is 1.60. The van der Waals surface area contributed by atoms with Gasteiger partial charge in [0, 0.05) is 32.2 Å². The quantitative estimate of drug-likeness (QED) is 0.204. The van der Waals surface area contributed by atoms with Crippen molar-refractivity contribution in [2.24, 2.45) is 4.99 Å². The number of aliphatic imine (C=N–C) groups is 1. The normalized spacial score (nSPS) is 13.3. The van der Waals surface area contributed by atoms with Crippen molar-refractivity contribution in [3.8, 4) is 5.75 Å². The summed E-state index contributed by atoms with van der Waals surface area (Å²) in [4.78, 5) is 6.77. The van der Waals surface area contributed by atoms with Gasteiger partial charge in [-0.05, 0) is 43.9 Å². The van der Waals surface area contributed by atoms with E-state index in [9.17, 15) is 4.39 Å². The van der Waals surface area contributed by atoms with Gasteiger partial charge in [0.05, 0.1) is 6.61 Å². The smallest absolute Gasteiger partial charge is 0.193 e. The maximum atomic E-state index is 13.8. The largest absolute Gasteiger partial charge is 0.467 e. The summed E-state index contributed by atoms with van der Waals surface area (Å²) < 4.78 is 24.6. The molecule has 0 aromatic heterocycles. The first-order chi connectivity index (χ1) is 12.2. The zero-order chi connectivity index (χ0) is 18.1. The molecule has 0 saturated heterocycles. The number of fused-ring (bicyclic) bond motifs is 1. The van der Waals surface area contributed by atoms with Crippen molar-refractivity contribution in [3.05, 3.63) is 41.7 Å². The molecule has 1 aliphatic rings. The van der Waals surface area contributed by atoms with Gasteiger partial charge in [0.1, 0.15) is 11.6 Å². The number of allylic oxidation sites excluding steroid dienone is 1. The Hall–Kier alpha value is -1.35. The molecule has 146 valence electrons. The Morgan fingerprint density at radius 2 is 2.27 bits per heavy atom. The van der Waals surface area contributed by atoms with Crippen molar-refractivity contribution in [2.45, 2.75) is 32.8 Å². The molecule has 0 amide bonds. The van der Waals surface area contributed by atoms with E-state index in [-0.39, 0.29) is 36.6 Å². The SMILES string of the molecule is C=CCCCN(C)C(=NCCc1cc(F)cc2c1OCOC2)NCC.I. The van der Waals surface area contributed by atoms with Crippen molar-refractivity contribution in [1.29, 1.82) is 0 Å².